The maximum atomic E-state index is 11.9. The molecule has 4 nitrogen and oxygen atoms in total. The standard InChI is InChI=1S/C8H13F3N2O2/c1-4(2)5(6(14)12-3)13-7(15)8(9,10)11/h4-5H,1-3H3,(H,12,14)(H,13,15)/t5-/m0/s1. The van der Waals surface area contributed by atoms with E-state index in [-0.39, 0.29) is 0 Å². The first kappa shape index (κ1) is 13.7. The fourth-order valence-corrected chi connectivity index (χ4v) is 0.914. The molecular formula is C8H13F3N2O2. The van der Waals surface area contributed by atoms with Crippen LogP contribution < -0.4 is 10.6 Å². The van der Waals surface area contributed by atoms with Crippen LogP contribution in [-0.4, -0.2) is 31.1 Å². The molecule has 0 saturated heterocycles. The topological polar surface area (TPSA) is 58.2 Å². The summed E-state index contributed by atoms with van der Waals surface area (Å²) in [5.74, 6) is -3.18. The molecule has 0 rings (SSSR count). The Labute approximate surface area is 85.2 Å². The zero-order valence-corrected chi connectivity index (χ0v) is 8.61. The zero-order valence-electron chi connectivity index (χ0n) is 8.61. The summed E-state index contributed by atoms with van der Waals surface area (Å²) >= 11 is 0. The number of likely N-dealkylation sites (N-methyl/N-ethyl adjacent to an activating group) is 1. The summed E-state index contributed by atoms with van der Waals surface area (Å²) in [6, 6.07) is -1.18. The molecule has 0 aliphatic carbocycles. The number of rotatable bonds is 3. The van der Waals surface area contributed by atoms with Crippen LogP contribution in [0.25, 0.3) is 0 Å². The molecule has 0 fully saturated rings. The first-order valence-corrected chi connectivity index (χ1v) is 4.29. The van der Waals surface area contributed by atoms with Crippen LogP contribution in [-0.2, 0) is 9.59 Å². The number of carbonyl (C=O) groups excluding carboxylic acids is 2. The molecular weight excluding hydrogens is 213 g/mol. The van der Waals surface area contributed by atoms with Crippen LogP contribution in [0.5, 0.6) is 0 Å². The Morgan fingerprint density at radius 1 is 1.20 bits per heavy atom. The first-order valence-electron chi connectivity index (χ1n) is 4.29. The molecule has 7 heteroatoms. The van der Waals surface area contributed by atoms with Crippen molar-refractivity contribution < 1.29 is 22.8 Å². The van der Waals surface area contributed by atoms with Crippen LogP contribution in [0, 0.1) is 5.92 Å². The van der Waals surface area contributed by atoms with Crippen molar-refractivity contribution in [2.75, 3.05) is 7.05 Å². The van der Waals surface area contributed by atoms with Crippen LogP contribution in [0.2, 0.25) is 0 Å². The number of amides is 2. The molecule has 15 heavy (non-hydrogen) atoms. The molecule has 0 bridgehead atoms. The van der Waals surface area contributed by atoms with Crippen molar-refractivity contribution in [3.05, 3.63) is 0 Å². The van der Waals surface area contributed by atoms with Crippen molar-refractivity contribution in [3.63, 3.8) is 0 Å². The van der Waals surface area contributed by atoms with Gasteiger partial charge in [-0.05, 0) is 5.92 Å². The third-order valence-corrected chi connectivity index (χ3v) is 1.74. The summed E-state index contributed by atoms with van der Waals surface area (Å²) in [6.45, 7) is 3.08. The predicted octanol–water partition coefficient (Wildman–Crippen LogP) is 0.435. The number of halogens is 3. The Kier molecular flexibility index (Phi) is 4.57. The van der Waals surface area contributed by atoms with E-state index in [1.807, 2.05) is 0 Å². The molecule has 0 radical (unpaired) electrons. The molecule has 0 aromatic carbocycles. The lowest BCUT2D eigenvalue weighted by atomic mass is 10.0. The fourth-order valence-electron chi connectivity index (χ4n) is 0.914. The van der Waals surface area contributed by atoms with E-state index in [0.717, 1.165) is 0 Å². The lowest BCUT2D eigenvalue weighted by Gasteiger charge is -2.21. The van der Waals surface area contributed by atoms with E-state index in [4.69, 9.17) is 0 Å². The van der Waals surface area contributed by atoms with E-state index in [9.17, 15) is 22.8 Å². The van der Waals surface area contributed by atoms with E-state index in [0.29, 0.717) is 0 Å². The van der Waals surface area contributed by atoms with E-state index < -0.39 is 30.0 Å². The van der Waals surface area contributed by atoms with Crippen LogP contribution in [0.3, 0.4) is 0 Å². The highest BCUT2D eigenvalue weighted by atomic mass is 19.4. The van der Waals surface area contributed by atoms with Gasteiger partial charge in [0.25, 0.3) is 0 Å². The second-order valence-corrected chi connectivity index (χ2v) is 3.31. The number of nitrogens with one attached hydrogen (secondary N) is 2. The van der Waals surface area contributed by atoms with Gasteiger partial charge in [0.1, 0.15) is 6.04 Å². The van der Waals surface area contributed by atoms with Gasteiger partial charge in [0.15, 0.2) is 0 Å². The molecule has 0 saturated carbocycles. The van der Waals surface area contributed by atoms with Crippen molar-refractivity contribution in [2.45, 2.75) is 26.1 Å². The Hall–Kier alpha value is -1.27. The van der Waals surface area contributed by atoms with Gasteiger partial charge in [-0.2, -0.15) is 13.2 Å². The van der Waals surface area contributed by atoms with Crippen LogP contribution in [0.1, 0.15) is 13.8 Å². The summed E-state index contributed by atoms with van der Waals surface area (Å²) in [5, 5.41) is 3.81. The Bertz CT molecular complexity index is 251. The van der Waals surface area contributed by atoms with E-state index in [2.05, 4.69) is 5.32 Å². The molecule has 0 aromatic heterocycles. The number of hydrogen-bond acceptors (Lipinski definition) is 2. The molecule has 0 heterocycles. The Balaban J connectivity index is 4.57. The largest absolute Gasteiger partial charge is 0.471 e. The minimum atomic E-state index is -4.97. The fraction of sp³-hybridized carbons (Fsp3) is 0.750. The third-order valence-electron chi connectivity index (χ3n) is 1.74. The van der Waals surface area contributed by atoms with E-state index >= 15 is 0 Å². The summed E-state index contributed by atoms with van der Waals surface area (Å²) in [5.41, 5.74) is 0. The average molecular weight is 226 g/mol. The van der Waals surface area contributed by atoms with Crippen LogP contribution in [0.4, 0.5) is 13.2 Å². The Morgan fingerprint density at radius 2 is 1.67 bits per heavy atom. The zero-order chi connectivity index (χ0) is 12.2. The van der Waals surface area contributed by atoms with Gasteiger partial charge in [-0.1, -0.05) is 13.8 Å². The smallest absolute Gasteiger partial charge is 0.357 e. The van der Waals surface area contributed by atoms with Gasteiger partial charge in [0.2, 0.25) is 5.91 Å². The SMILES string of the molecule is CNC(=O)[C@@H](NC(=O)C(F)(F)F)C(C)C. The van der Waals surface area contributed by atoms with Crippen molar-refractivity contribution >= 4 is 11.8 Å². The van der Waals surface area contributed by atoms with Gasteiger partial charge in [-0.3, -0.25) is 9.59 Å². The third kappa shape index (κ3) is 4.18. The molecule has 0 unspecified atom stereocenters. The Morgan fingerprint density at radius 3 is 1.93 bits per heavy atom. The summed E-state index contributed by atoms with van der Waals surface area (Å²) in [7, 11) is 1.29. The predicted molar refractivity (Wildman–Crippen MR) is 46.9 cm³/mol. The van der Waals surface area contributed by atoms with Gasteiger partial charge in [-0.25, -0.2) is 0 Å². The van der Waals surface area contributed by atoms with Gasteiger partial charge in [0.05, 0.1) is 0 Å². The second kappa shape index (κ2) is 4.99. The van der Waals surface area contributed by atoms with Gasteiger partial charge < -0.3 is 10.6 Å². The van der Waals surface area contributed by atoms with E-state index in [1.165, 1.54) is 20.9 Å². The highest BCUT2D eigenvalue weighted by Gasteiger charge is 2.41. The molecule has 88 valence electrons. The summed E-state index contributed by atoms with van der Waals surface area (Å²) in [4.78, 5) is 21.7. The van der Waals surface area contributed by atoms with Gasteiger partial charge >= 0.3 is 12.1 Å². The highest BCUT2D eigenvalue weighted by molar-refractivity contribution is 5.89. The first-order chi connectivity index (χ1) is 6.70. The van der Waals surface area contributed by atoms with Crippen molar-refractivity contribution in [1.82, 2.24) is 10.6 Å². The lowest BCUT2D eigenvalue weighted by molar-refractivity contribution is -0.175. The molecule has 1 atom stereocenters. The van der Waals surface area contributed by atoms with Crippen LogP contribution >= 0.6 is 0 Å². The minimum absolute atomic E-state index is 0.420. The van der Waals surface area contributed by atoms with Gasteiger partial charge in [-0.15, -0.1) is 0 Å². The number of alkyl halides is 3. The second-order valence-electron chi connectivity index (χ2n) is 3.31. The molecule has 0 spiro atoms. The number of carbonyl (C=O) groups is 2. The quantitative estimate of drug-likeness (QED) is 0.733. The molecule has 0 aromatic rings. The maximum absolute atomic E-state index is 11.9. The minimum Gasteiger partial charge on any atom is -0.357 e. The van der Waals surface area contributed by atoms with Crippen molar-refractivity contribution in [1.29, 1.82) is 0 Å². The van der Waals surface area contributed by atoms with Gasteiger partial charge in [0, 0.05) is 7.05 Å². The van der Waals surface area contributed by atoms with Crippen molar-refractivity contribution in [2.24, 2.45) is 5.92 Å². The summed E-state index contributed by atoms with van der Waals surface area (Å²) < 4.78 is 35.7. The molecule has 2 amide bonds. The molecule has 0 aliphatic heterocycles. The maximum Gasteiger partial charge on any atom is 0.471 e. The normalized spacial score (nSPS) is 13.5. The average Bonchev–Trinajstić information content (AvgIpc) is 2.10. The van der Waals surface area contributed by atoms with E-state index in [1.54, 1.807) is 5.32 Å². The molecule has 0 aliphatic rings. The monoisotopic (exact) mass is 226 g/mol. The lowest BCUT2D eigenvalue weighted by Crippen LogP contribution is -2.52. The van der Waals surface area contributed by atoms with Crippen LogP contribution in [0.15, 0.2) is 0 Å². The number of hydrogen-bond donors (Lipinski definition) is 2. The summed E-state index contributed by atoms with van der Waals surface area (Å²) in [6.07, 6.45) is -4.97. The van der Waals surface area contributed by atoms with Crippen molar-refractivity contribution in [3.8, 4) is 0 Å². The highest BCUT2D eigenvalue weighted by Crippen LogP contribution is 2.15. The molecule has 2 N–H and O–H groups in total.